The van der Waals surface area contributed by atoms with Crippen molar-refractivity contribution in [1.29, 1.82) is 0 Å². The Morgan fingerprint density at radius 1 is 0.312 bits per heavy atom. The third-order valence-corrected chi connectivity index (χ3v) is 13.1. The first-order valence-corrected chi connectivity index (χ1v) is 28.5. The van der Waals surface area contributed by atoms with E-state index >= 15 is 0 Å². The average Bonchev–Trinajstić information content (AvgIpc) is 3.66. The molecule has 0 saturated heterocycles. The monoisotopic (exact) mass is 941 g/mol. The molecular formula is C61H49Cl2Zr. The van der Waals surface area contributed by atoms with Gasteiger partial charge in [-0.25, -0.2) is 0 Å². The van der Waals surface area contributed by atoms with Crippen molar-refractivity contribution in [3.05, 3.63) is 211 Å². The molecule has 0 spiro atoms. The standard InChI is InChI=1S/C61H49.2ClH.Zr/c1-60(2,3)58-36-54-44(34-56(58)52-21-13-11-19-48(52)42-27-29-50-40(31-42)25-23-38-15-7-9-17-46(38)50)33-45-35-57(59(37-55(45)54)61(4,5)6)53-22-14-12-20-49(53)43-28-30-51-41(32-43)26-24-39-16-8-10-18-47(39)51;;;/h7-37H,1-6H3;2*1H;/q;;;+2/p-2. The van der Waals surface area contributed by atoms with Gasteiger partial charge in [-0.05, 0) is 168 Å². The summed E-state index contributed by atoms with van der Waals surface area (Å²) in [7, 11) is 9.87. The number of rotatable bonds is 4. The zero-order valence-corrected chi connectivity index (χ0v) is 41.1. The van der Waals surface area contributed by atoms with E-state index in [9.17, 15) is 0 Å². The Morgan fingerprint density at radius 2 is 0.656 bits per heavy atom. The second kappa shape index (κ2) is 16.9. The molecule has 1 aliphatic rings. The molecule has 1 aliphatic carbocycles. The SMILES string of the molecule is CC(C)(C)c1cc2c(cc1-c1ccccc1-c1ccc3c(ccc4ccccc43)c1)[CH]c1cc(-c3ccccc3-c3ccc4c(ccc5ccccc54)c3)c(C(C)(C)C)cc1-2.[Cl][Zr][Cl]. The van der Waals surface area contributed by atoms with Crippen molar-refractivity contribution in [2.45, 2.75) is 52.4 Å². The summed E-state index contributed by atoms with van der Waals surface area (Å²) in [6.07, 6.45) is 2.43. The molecule has 64 heavy (non-hydrogen) atoms. The van der Waals surface area contributed by atoms with Crippen LogP contribution in [0.4, 0.5) is 0 Å². The van der Waals surface area contributed by atoms with Crippen molar-refractivity contribution in [3.8, 4) is 55.6 Å². The van der Waals surface area contributed by atoms with Gasteiger partial charge in [0.25, 0.3) is 0 Å². The fraction of sp³-hybridized carbons (Fsp3) is 0.131. The first-order valence-electron chi connectivity index (χ1n) is 22.1. The Labute approximate surface area is 396 Å². The molecule has 10 aromatic rings. The Balaban J connectivity index is 0.00000157. The molecular weight excluding hydrogens is 895 g/mol. The minimum absolute atomic E-state index is 0.0829. The van der Waals surface area contributed by atoms with E-state index in [1.165, 1.54) is 121 Å². The number of halogens is 2. The Hall–Kier alpha value is -5.30. The molecule has 0 heterocycles. The van der Waals surface area contributed by atoms with Crippen LogP contribution >= 0.6 is 17.0 Å². The van der Waals surface area contributed by atoms with Crippen molar-refractivity contribution in [1.82, 2.24) is 0 Å². The van der Waals surface area contributed by atoms with Gasteiger partial charge in [-0.15, -0.1) is 0 Å². The van der Waals surface area contributed by atoms with Crippen molar-refractivity contribution in [2.24, 2.45) is 0 Å². The molecule has 0 unspecified atom stereocenters. The summed E-state index contributed by atoms with van der Waals surface area (Å²) in [6, 6.07) is 68.4. The maximum absolute atomic E-state index is 4.93. The Kier molecular flexibility index (Phi) is 11.3. The zero-order chi connectivity index (χ0) is 44.3. The van der Waals surface area contributed by atoms with Gasteiger partial charge in [0.05, 0.1) is 0 Å². The molecule has 0 N–H and O–H groups in total. The fourth-order valence-electron chi connectivity index (χ4n) is 10.1. The molecule has 0 aromatic heterocycles. The Bertz CT molecular complexity index is 3210. The fourth-order valence-corrected chi connectivity index (χ4v) is 10.1. The van der Waals surface area contributed by atoms with Crippen LogP contribution in [0.15, 0.2) is 182 Å². The summed E-state index contributed by atoms with van der Waals surface area (Å²) in [5.41, 5.74) is 17.9. The third kappa shape index (κ3) is 7.75. The molecule has 0 saturated carbocycles. The van der Waals surface area contributed by atoms with E-state index in [-0.39, 0.29) is 10.8 Å². The van der Waals surface area contributed by atoms with Crippen LogP contribution in [0.1, 0.15) is 63.8 Å². The normalized spacial score (nSPS) is 12.3. The van der Waals surface area contributed by atoms with Gasteiger partial charge < -0.3 is 0 Å². The van der Waals surface area contributed by atoms with Gasteiger partial charge in [-0.2, -0.15) is 0 Å². The van der Waals surface area contributed by atoms with Crippen LogP contribution in [-0.4, -0.2) is 0 Å². The first-order chi connectivity index (χ1) is 30.9. The molecule has 3 heteroatoms. The summed E-state index contributed by atoms with van der Waals surface area (Å²) in [5, 5.41) is 10.3. The second-order valence-corrected chi connectivity index (χ2v) is 23.0. The van der Waals surface area contributed by atoms with E-state index < -0.39 is 20.8 Å². The number of benzene rings is 10. The number of hydrogen-bond acceptors (Lipinski definition) is 0. The number of hydrogen-bond donors (Lipinski definition) is 0. The van der Waals surface area contributed by atoms with Crippen LogP contribution in [0, 0.1) is 6.42 Å². The van der Waals surface area contributed by atoms with Gasteiger partial charge in [0.2, 0.25) is 0 Å². The molecule has 0 bridgehead atoms. The third-order valence-electron chi connectivity index (χ3n) is 13.1. The van der Waals surface area contributed by atoms with Crippen LogP contribution in [0.5, 0.6) is 0 Å². The summed E-state index contributed by atoms with van der Waals surface area (Å²) in [6.45, 7) is 14.2. The quantitative estimate of drug-likeness (QED) is 0.154. The molecule has 0 atom stereocenters. The minimum atomic E-state index is -0.826. The van der Waals surface area contributed by atoms with Gasteiger partial charge >= 0.3 is 37.9 Å². The molecule has 10 aromatic carbocycles. The molecule has 0 aliphatic heterocycles. The van der Waals surface area contributed by atoms with Crippen LogP contribution in [0.3, 0.4) is 0 Å². The van der Waals surface area contributed by atoms with Gasteiger partial charge in [0.1, 0.15) is 0 Å². The van der Waals surface area contributed by atoms with E-state index in [0.29, 0.717) is 0 Å². The molecule has 0 amide bonds. The van der Waals surface area contributed by atoms with E-state index in [1.54, 1.807) is 0 Å². The van der Waals surface area contributed by atoms with Crippen LogP contribution in [0.25, 0.3) is 98.7 Å². The van der Waals surface area contributed by atoms with Crippen molar-refractivity contribution in [3.63, 3.8) is 0 Å². The topological polar surface area (TPSA) is 0 Å². The van der Waals surface area contributed by atoms with Crippen molar-refractivity contribution < 1.29 is 20.8 Å². The van der Waals surface area contributed by atoms with E-state index in [0.717, 1.165) is 0 Å². The second-order valence-electron chi connectivity index (χ2n) is 19.2. The summed E-state index contributed by atoms with van der Waals surface area (Å²) < 4.78 is 0. The predicted octanol–water partition coefficient (Wildman–Crippen LogP) is 18.5. The first kappa shape index (κ1) is 42.6. The van der Waals surface area contributed by atoms with Gasteiger partial charge in [0, 0.05) is 6.42 Å². The predicted molar refractivity (Wildman–Crippen MR) is 275 cm³/mol. The summed E-state index contributed by atoms with van der Waals surface area (Å²) >= 11 is -0.826. The van der Waals surface area contributed by atoms with E-state index in [1.807, 2.05) is 0 Å². The van der Waals surface area contributed by atoms with Gasteiger partial charge in [-0.1, -0.05) is 187 Å². The van der Waals surface area contributed by atoms with E-state index in [2.05, 4.69) is 230 Å². The van der Waals surface area contributed by atoms with Crippen LogP contribution in [0.2, 0.25) is 0 Å². The van der Waals surface area contributed by atoms with Crippen LogP contribution in [-0.2, 0) is 31.7 Å². The van der Waals surface area contributed by atoms with Crippen LogP contribution < -0.4 is 0 Å². The van der Waals surface area contributed by atoms with E-state index in [4.69, 9.17) is 17.0 Å². The summed E-state index contributed by atoms with van der Waals surface area (Å²) in [5.74, 6) is 0. The van der Waals surface area contributed by atoms with Gasteiger partial charge in [0.15, 0.2) is 0 Å². The number of fused-ring (bicyclic) bond motifs is 9. The molecule has 1 radical (unpaired) electrons. The maximum atomic E-state index is 4.93. The molecule has 311 valence electrons. The molecule has 11 rings (SSSR count). The van der Waals surface area contributed by atoms with Gasteiger partial charge in [-0.3, -0.25) is 0 Å². The molecule has 0 nitrogen and oxygen atoms in total. The summed E-state index contributed by atoms with van der Waals surface area (Å²) in [4.78, 5) is 0. The average molecular weight is 944 g/mol. The van der Waals surface area contributed by atoms with Crippen molar-refractivity contribution in [2.75, 3.05) is 0 Å². The molecule has 0 fully saturated rings. The Morgan fingerprint density at radius 3 is 1.06 bits per heavy atom. The zero-order valence-electron chi connectivity index (χ0n) is 37.2. The van der Waals surface area contributed by atoms with Crippen molar-refractivity contribution >= 4 is 60.1 Å².